The molecule has 0 aromatic rings. The second kappa shape index (κ2) is 2.70. The molecule has 0 heterocycles. The van der Waals surface area contributed by atoms with Crippen LogP contribution in [0, 0.1) is 11.8 Å². The SMILES string of the molecule is CC(C)[C@H]1CC(F)(F)C[C@@H]1O. The Morgan fingerprint density at radius 3 is 2.09 bits per heavy atom. The molecule has 0 saturated heterocycles. The van der Waals surface area contributed by atoms with Crippen molar-refractivity contribution in [1.82, 2.24) is 0 Å². The Labute approximate surface area is 65.4 Å². The van der Waals surface area contributed by atoms with Gasteiger partial charge >= 0.3 is 0 Å². The number of hydrogen-bond acceptors (Lipinski definition) is 1. The van der Waals surface area contributed by atoms with Crippen molar-refractivity contribution in [3.05, 3.63) is 0 Å². The molecule has 1 nitrogen and oxygen atoms in total. The zero-order valence-corrected chi connectivity index (χ0v) is 6.85. The van der Waals surface area contributed by atoms with Crippen molar-refractivity contribution in [2.45, 2.75) is 38.7 Å². The van der Waals surface area contributed by atoms with Gasteiger partial charge in [0.15, 0.2) is 0 Å². The summed E-state index contributed by atoms with van der Waals surface area (Å²) in [5.41, 5.74) is 0. The smallest absolute Gasteiger partial charge is 0.251 e. The highest BCUT2D eigenvalue weighted by Crippen LogP contribution is 2.42. The van der Waals surface area contributed by atoms with Gasteiger partial charge in [-0.05, 0) is 11.8 Å². The van der Waals surface area contributed by atoms with Crippen molar-refractivity contribution < 1.29 is 13.9 Å². The zero-order valence-electron chi connectivity index (χ0n) is 6.85. The van der Waals surface area contributed by atoms with Crippen LogP contribution in [0.15, 0.2) is 0 Å². The van der Waals surface area contributed by atoms with Gasteiger partial charge in [0.2, 0.25) is 0 Å². The van der Waals surface area contributed by atoms with Gasteiger partial charge in [-0.3, -0.25) is 0 Å². The Morgan fingerprint density at radius 1 is 1.36 bits per heavy atom. The van der Waals surface area contributed by atoms with E-state index < -0.39 is 12.0 Å². The average molecular weight is 164 g/mol. The van der Waals surface area contributed by atoms with Gasteiger partial charge in [-0.1, -0.05) is 13.8 Å². The van der Waals surface area contributed by atoms with E-state index in [2.05, 4.69) is 0 Å². The molecule has 1 rings (SSSR count). The summed E-state index contributed by atoms with van der Waals surface area (Å²) in [6.07, 6.45) is -1.30. The maximum atomic E-state index is 12.6. The van der Waals surface area contributed by atoms with Crippen molar-refractivity contribution in [1.29, 1.82) is 0 Å². The van der Waals surface area contributed by atoms with Crippen LogP contribution in [0.3, 0.4) is 0 Å². The summed E-state index contributed by atoms with van der Waals surface area (Å²) in [5.74, 6) is -2.70. The Balaban J connectivity index is 2.59. The van der Waals surface area contributed by atoms with E-state index in [4.69, 9.17) is 0 Å². The molecule has 0 radical (unpaired) electrons. The molecule has 3 heteroatoms. The Kier molecular flexibility index (Phi) is 2.19. The van der Waals surface area contributed by atoms with Crippen molar-refractivity contribution in [3.63, 3.8) is 0 Å². The van der Waals surface area contributed by atoms with Crippen molar-refractivity contribution in [2.75, 3.05) is 0 Å². The van der Waals surface area contributed by atoms with E-state index in [-0.39, 0.29) is 24.7 Å². The monoisotopic (exact) mass is 164 g/mol. The van der Waals surface area contributed by atoms with Gasteiger partial charge in [0.1, 0.15) is 0 Å². The number of hydrogen-bond donors (Lipinski definition) is 1. The zero-order chi connectivity index (χ0) is 8.65. The minimum atomic E-state index is -2.63. The summed E-state index contributed by atoms with van der Waals surface area (Å²) in [4.78, 5) is 0. The summed E-state index contributed by atoms with van der Waals surface area (Å²) >= 11 is 0. The lowest BCUT2D eigenvalue weighted by Gasteiger charge is -2.16. The lowest BCUT2D eigenvalue weighted by molar-refractivity contribution is -0.00415. The predicted octanol–water partition coefficient (Wildman–Crippen LogP) is 2.05. The van der Waals surface area contributed by atoms with E-state index in [0.29, 0.717) is 0 Å². The third-order valence-corrected chi connectivity index (χ3v) is 2.39. The van der Waals surface area contributed by atoms with E-state index in [1.54, 1.807) is 0 Å². The number of aliphatic hydroxyl groups excluding tert-OH is 1. The van der Waals surface area contributed by atoms with Gasteiger partial charge in [0, 0.05) is 12.8 Å². The second-order valence-electron chi connectivity index (χ2n) is 3.74. The lowest BCUT2D eigenvalue weighted by Crippen LogP contribution is -2.18. The summed E-state index contributed by atoms with van der Waals surface area (Å²) in [7, 11) is 0. The Bertz CT molecular complexity index is 145. The van der Waals surface area contributed by atoms with Crippen molar-refractivity contribution in [3.8, 4) is 0 Å². The van der Waals surface area contributed by atoms with E-state index in [0.717, 1.165) is 0 Å². The summed E-state index contributed by atoms with van der Waals surface area (Å²) in [6, 6.07) is 0. The topological polar surface area (TPSA) is 20.2 Å². The van der Waals surface area contributed by atoms with Crippen molar-refractivity contribution in [2.24, 2.45) is 11.8 Å². The maximum Gasteiger partial charge on any atom is 0.251 e. The average Bonchev–Trinajstić information content (AvgIpc) is 2.05. The highest BCUT2D eigenvalue weighted by Gasteiger charge is 2.46. The third-order valence-electron chi connectivity index (χ3n) is 2.39. The number of rotatable bonds is 1. The van der Waals surface area contributed by atoms with Crippen LogP contribution in [0.4, 0.5) is 8.78 Å². The molecule has 0 aromatic carbocycles. The number of alkyl halides is 2. The summed E-state index contributed by atoms with van der Waals surface area (Å²) in [5, 5.41) is 9.21. The first-order chi connectivity index (χ1) is 4.92. The first kappa shape index (κ1) is 8.91. The van der Waals surface area contributed by atoms with Crippen LogP contribution < -0.4 is 0 Å². The van der Waals surface area contributed by atoms with Crippen LogP contribution in [-0.2, 0) is 0 Å². The summed E-state index contributed by atoms with van der Waals surface area (Å²) in [6.45, 7) is 3.74. The quantitative estimate of drug-likeness (QED) is 0.628. The highest BCUT2D eigenvalue weighted by atomic mass is 19.3. The molecule has 1 saturated carbocycles. The van der Waals surface area contributed by atoms with Gasteiger partial charge in [-0.25, -0.2) is 8.78 Å². The minimum Gasteiger partial charge on any atom is -0.393 e. The van der Waals surface area contributed by atoms with Crippen molar-refractivity contribution >= 4 is 0 Å². The largest absolute Gasteiger partial charge is 0.393 e. The normalized spacial score (nSPS) is 36.5. The first-order valence-electron chi connectivity index (χ1n) is 3.98. The fourth-order valence-electron chi connectivity index (χ4n) is 1.70. The molecule has 0 unspecified atom stereocenters. The minimum absolute atomic E-state index is 0.147. The van der Waals surface area contributed by atoms with E-state index in [1.807, 2.05) is 13.8 Å². The fourth-order valence-corrected chi connectivity index (χ4v) is 1.70. The van der Waals surface area contributed by atoms with Gasteiger partial charge in [0.25, 0.3) is 5.92 Å². The molecular weight excluding hydrogens is 150 g/mol. The van der Waals surface area contributed by atoms with Crippen LogP contribution in [0.2, 0.25) is 0 Å². The molecule has 0 amide bonds. The molecule has 0 aromatic heterocycles. The van der Waals surface area contributed by atoms with Gasteiger partial charge in [-0.2, -0.15) is 0 Å². The molecule has 0 bridgehead atoms. The molecule has 1 aliphatic carbocycles. The molecule has 2 atom stereocenters. The molecule has 1 fully saturated rings. The highest BCUT2D eigenvalue weighted by molar-refractivity contribution is 4.89. The maximum absolute atomic E-state index is 12.6. The first-order valence-corrected chi connectivity index (χ1v) is 3.98. The Hall–Kier alpha value is -0.180. The second-order valence-corrected chi connectivity index (χ2v) is 3.74. The van der Waals surface area contributed by atoms with Crippen LogP contribution >= 0.6 is 0 Å². The number of halogens is 2. The molecule has 0 spiro atoms. The van der Waals surface area contributed by atoms with Crippen LogP contribution in [0.1, 0.15) is 26.7 Å². The van der Waals surface area contributed by atoms with Crippen LogP contribution in [-0.4, -0.2) is 17.1 Å². The standard InChI is InChI=1S/C8H14F2O/c1-5(2)6-3-8(9,10)4-7(6)11/h5-7,11H,3-4H2,1-2H3/t6-,7+/m1/s1. The molecule has 1 aliphatic rings. The Morgan fingerprint density at radius 2 is 1.91 bits per heavy atom. The van der Waals surface area contributed by atoms with Gasteiger partial charge in [-0.15, -0.1) is 0 Å². The van der Waals surface area contributed by atoms with Gasteiger partial charge in [0.05, 0.1) is 6.10 Å². The van der Waals surface area contributed by atoms with E-state index >= 15 is 0 Å². The van der Waals surface area contributed by atoms with Crippen LogP contribution in [0.25, 0.3) is 0 Å². The van der Waals surface area contributed by atoms with Gasteiger partial charge < -0.3 is 5.11 Å². The molecule has 0 aliphatic heterocycles. The third kappa shape index (κ3) is 1.89. The molecule has 1 N–H and O–H groups in total. The molecule has 11 heavy (non-hydrogen) atoms. The van der Waals surface area contributed by atoms with E-state index in [1.165, 1.54) is 0 Å². The molecular formula is C8H14F2O. The predicted molar refractivity (Wildman–Crippen MR) is 38.5 cm³/mol. The molecule has 66 valence electrons. The van der Waals surface area contributed by atoms with E-state index in [9.17, 15) is 13.9 Å². The fraction of sp³-hybridized carbons (Fsp3) is 1.00. The summed E-state index contributed by atoms with van der Waals surface area (Å²) < 4.78 is 25.3. The lowest BCUT2D eigenvalue weighted by atomic mass is 9.93. The van der Waals surface area contributed by atoms with Crippen LogP contribution in [0.5, 0.6) is 0 Å². The number of aliphatic hydroxyl groups is 1.